The second-order valence-electron chi connectivity index (χ2n) is 31.8. The van der Waals surface area contributed by atoms with Crippen molar-refractivity contribution in [2.45, 2.75) is 0 Å². The molecule has 4 aromatic heterocycles. The molecular formula is C108H68BClN4O4Si2. The Balaban J connectivity index is 0.000000133. The molecule has 6 bridgehead atoms. The lowest BCUT2D eigenvalue weighted by Crippen LogP contribution is -2.88. The molecule has 0 N–H and O–H groups in total. The van der Waals surface area contributed by atoms with E-state index in [9.17, 15) is 0 Å². The summed E-state index contributed by atoms with van der Waals surface area (Å²) in [6, 6.07) is 150. The van der Waals surface area contributed by atoms with Gasteiger partial charge in [0, 0.05) is 124 Å². The first kappa shape index (κ1) is 68.4. The summed E-state index contributed by atoms with van der Waals surface area (Å²) in [6.45, 7) is 0.0269. The van der Waals surface area contributed by atoms with Crippen LogP contribution in [0.2, 0.25) is 5.02 Å². The van der Waals surface area contributed by atoms with Gasteiger partial charge in [-0.1, -0.05) is 266 Å². The second-order valence-corrected chi connectivity index (χ2v) is 39.7. The molecule has 4 aliphatic rings. The smallest absolute Gasteiger partial charge is 0.251 e. The number of hydrogen-bond acceptors (Lipinski definition) is 8. The maximum absolute atomic E-state index is 7.84. The normalized spacial score (nSPS) is 13.9. The number of para-hydroxylation sites is 4. The van der Waals surface area contributed by atoms with Crippen molar-refractivity contribution in [3.05, 3.63) is 418 Å². The highest BCUT2D eigenvalue weighted by Gasteiger charge is 2.56. The van der Waals surface area contributed by atoms with Gasteiger partial charge in [-0.2, -0.15) is 0 Å². The van der Waals surface area contributed by atoms with Gasteiger partial charge in [0.05, 0.1) is 16.4 Å². The van der Waals surface area contributed by atoms with Gasteiger partial charge in [-0.25, -0.2) is 0 Å². The molecule has 0 aliphatic carbocycles. The fraction of sp³-hybridized carbons (Fsp3) is 0. The predicted octanol–water partition coefficient (Wildman–Crippen LogP) is 22.0. The minimum absolute atomic E-state index is 0.0269. The lowest BCUT2D eigenvalue weighted by molar-refractivity contribution is 0.668. The van der Waals surface area contributed by atoms with E-state index in [1.165, 1.54) is 80.6 Å². The molecule has 12 heteroatoms. The van der Waals surface area contributed by atoms with Gasteiger partial charge < -0.3 is 37.3 Å². The molecule has 0 atom stereocenters. The number of furan rings is 4. The van der Waals surface area contributed by atoms with E-state index in [4.69, 9.17) is 29.3 Å². The lowest BCUT2D eigenvalue weighted by Gasteiger charge is -2.51. The van der Waals surface area contributed by atoms with Crippen LogP contribution in [0.4, 0.5) is 68.2 Å². The van der Waals surface area contributed by atoms with Crippen molar-refractivity contribution < 1.29 is 17.7 Å². The monoisotopic (exact) mass is 1590 g/mol. The molecule has 0 saturated heterocycles. The van der Waals surface area contributed by atoms with E-state index in [-0.39, 0.29) is 6.71 Å². The van der Waals surface area contributed by atoms with E-state index < -0.39 is 16.1 Å². The zero-order chi connectivity index (χ0) is 78.9. The molecule has 26 rings (SSSR count). The van der Waals surface area contributed by atoms with Gasteiger partial charge in [-0.05, 0) is 191 Å². The number of benzene rings is 18. The Morgan fingerprint density at radius 2 is 0.450 bits per heavy atom. The van der Waals surface area contributed by atoms with Crippen molar-refractivity contribution in [3.8, 4) is 0 Å². The third-order valence-electron chi connectivity index (χ3n) is 25.7. The van der Waals surface area contributed by atoms with Crippen LogP contribution in [0.5, 0.6) is 0 Å². The molecule has 0 spiro atoms. The number of nitrogens with zero attached hydrogens (tertiary/aromatic N) is 4. The Labute approximate surface area is 698 Å². The Hall–Kier alpha value is -14.9. The van der Waals surface area contributed by atoms with Crippen molar-refractivity contribution in [1.82, 2.24) is 0 Å². The van der Waals surface area contributed by atoms with Crippen LogP contribution in [-0.4, -0.2) is 22.9 Å². The molecule has 4 aliphatic heterocycles. The van der Waals surface area contributed by atoms with Crippen LogP contribution in [0.25, 0.3) is 87.8 Å². The molecule has 0 radical (unpaired) electrons. The van der Waals surface area contributed by atoms with E-state index in [1.807, 2.05) is 36.4 Å². The van der Waals surface area contributed by atoms with Crippen molar-refractivity contribution in [1.29, 1.82) is 0 Å². The van der Waals surface area contributed by atoms with Crippen molar-refractivity contribution >= 4 is 248 Å². The highest BCUT2D eigenvalue weighted by atomic mass is 35.5. The molecule has 8 heterocycles. The zero-order valence-corrected chi connectivity index (χ0v) is 67.4. The highest BCUT2D eigenvalue weighted by molar-refractivity contribution is 7.27. The lowest BCUT2D eigenvalue weighted by atomic mass is 9.33. The molecule has 22 aromatic rings. The Morgan fingerprint density at radius 3 is 0.800 bits per heavy atom. The number of halogens is 1. The molecule has 0 unspecified atom stereocenters. The van der Waals surface area contributed by atoms with Gasteiger partial charge in [0.15, 0.2) is 16.1 Å². The first-order valence-electron chi connectivity index (χ1n) is 40.9. The Morgan fingerprint density at radius 1 is 0.192 bits per heavy atom. The summed E-state index contributed by atoms with van der Waals surface area (Å²) < 4.78 is 26.1. The summed E-state index contributed by atoms with van der Waals surface area (Å²) in [7, 11) is -5.95. The molecule has 18 aromatic carbocycles. The van der Waals surface area contributed by atoms with Gasteiger partial charge in [0.25, 0.3) is 6.71 Å². The molecular weight excluding hydrogens is 1520 g/mol. The summed E-state index contributed by atoms with van der Waals surface area (Å²) >= 11 is 7.84. The maximum atomic E-state index is 7.84. The van der Waals surface area contributed by atoms with Gasteiger partial charge in [-0.3, -0.25) is 0 Å². The van der Waals surface area contributed by atoms with Crippen LogP contribution >= 0.6 is 11.6 Å². The van der Waals surface area contributed by atoms with E-state index >= 15 is 0 Å². The first-order chi connectivity index (χ1) is 59.4. The molecule has 0 saturated carbocycles. The van der Waals surface area contributed by atoms with Crippen LogP contribution in [0, 0.1) is 0 Å². The van der Waals surface area contributed by atoms with Gasteiger partial charge in [0.1, 0.15) is 44.7 Å². The highest BCUT2D eigenvalue weighted by Crippen LogP contribution is 2.51. The summed E-state index contributed by atoms with van der Waals surface area (Å²) in [6.07, 6.45) is 0. The molecule has 0 fully saturated rings. The third-order valence-corrected chi connectivity index (χ3v) is 35.7. The summed E-state index contributed by atoms with van der Waals surface area (Å²) in [5.41, 5.74) is 23.6. The standard InChI is InChI=1S/C54H33BN2O2Si.C54H35ClN2O2Si/c1-3-14-36(15-4-1)60(37-16-5-2-6-17-37)50-26-12-22-44-53(50)55-52-42(56(44)34-28-30-40-38-18-7-9-24-46(38)58-48(40)32-34)20-11-21-43(52)57(45-23-13-27-51(60)54(45)55)35-29-31-41-39-19-8-10-25-47(39)59-49(41)33-35;55-54-48-24-13-25-49(54)57(39-29-31-47-45-23-8-10-27-51(45)59-53(47)35-39)37-15-12-21-43(33-37)60(40-16-3-1-4-17-40,41-18-5-2-6-19-41)42-20-11-14-36(32-42)56(48)38-28-30-46-44-22-7-9-26-50(44)58-52(46)34-38/h1-33H;1-35H. The fourth-order valence-corrected chi connectivity index (χ4v) is 31.2. The minimum atomic E-state index is -3.01. The van der Waals surface area contributed by atoms with Crippen LogP contribution in [0.1, 0.15) is 0 Å². The van der Waals surface area contributed by atoms with Crippen molar-refractivity contribution in [2.24, 2.45) is 0 Å². The SMILES string of the molecule is Clc1c2cccc1N(c1ccc3c(c1)oc1ccccc13)c1cccc(c1)[Si](c1ccccc1)(c1ccccc1)c1cccc(c1)N2c1ccc2c(c1)oc1ccccc12.c1ccc([Si]2(c3ccccc3)c3cccc4c3B3c5c(cccc5N(c5ccc6c(c5)oc5ccccc56)c5cccc2c53)N4c2ccc3c(c2)oc2ccccc23)cc1. The number of anilines is 12. The zero-order valence-electron chi connectivity index (χ0n) is 64.6. The van der Waals surface area contributed by atoms with Crippen LogP contribution < -0.4 is 77.5 Å². The molecule has 8 nitrogen and oxygen atoms in total. The summed E-state index contributed by atoms with van der Waals surface area (Å²) in [4.78, 5) is 9.59. The maximum Gasteiger partial charge on any atom is 0.251 e. The second kappa shape index (κ2) is 26.6. The molecule has 562 valence electrons. The van der Waals surface area contributed by atoms with Crippen LogP contribution in [-0.2, 0) is 0 Å². The Kier molecular flexibility index (Phi) is 15.2. The predicted molar refractivity (Wildman–Crippen MR) is 505 cm³/mol. The van der Waals surface area contributed by atoms with Crippen molar-refractivity contribution in [2.75, 3.05) is 19.6 Å². The first-order valence-corrected chi connectivity index (χ1v) is 45.3. The average Bonchev–Trinajstić information content (AvgIpc) is 0.755. The molecule has 120 heavy (non-hydrogen) atoms. The minimum Gasteiger partial charge on any atom is -0.456 e. The summed E-state index contributed by atoms with van der Waals surface area (Å²) in [5, 5.41) is 20.2. The van der Waals surface area contributed by atoms with Crippen LogP contribution in [0.3, 0.4) is 0 Å². The van der Waals surface area contributed by atoms with Crippen molar-refractivity contribution in [3.63, 3.8) is 0 Å². The van der Waals surface area contributed by atoms with Crippen LogP contribution in [0.15, 0.2) is 430 Å². The summed E-state index contributed by atoms with van der Waals surface area (Å²) in [5.74, 6) is 0. The topological polar surface area (TPSA) is 65.5 Å². The van der Waals surface area contributed by atoms with E-state index in [0.717, 1.165) is 133 Å². The average molecular weight is 1590 g/mol. The van der Waals surface area contributed by atoms with E-state index in [0.29, 0.717) is 5.02 Å². The third kappa shape index (κ3) is 9.93. The fourth-order valence-electron chi connectivity index (χ4n) is 20.8. The van der Waals surface area contributed by atoms with Gasteiger partial charge >= 0.3 is 0 Å². The number of fused-ring (bicyclic) bond motifs is 18. The van der Waals surface area contributed by atoms with Gasteiger partial charge in [0.2, 0.25) is 0 Å². The number of rotatable bonds is 8. The molecule has 0 amide bonds. The largest absolute Gasteiger partial charge is 0.456 e. The quantitative estimate of drug-likeness (QED) is 0.139. The van der Waals surface area contributed by atoms with E-state index in [1.54, 1.807) is 0 Å². The Bertz CT molecular complexity index is 7510. The van der Waals surface area contributed by atoms with Gasteiger partial charge in [-0.15, -0.1) is 0 Å². The van der Waals surface area contributed by atoms with E-state index in [2.05, 4.69) is 396 Å². The number of hydrogen-bond donors (Lipinski definition) is 0.